The molecule has 2 rings (SSSR count). The first kappa shape index (κ1) is 15.3. The highest BCUT2D eigenvalue weighted by atomic mass is 16.2. The summed E-state index contributed by atoms with van der Waals surface area (Å²) < 4.78 is 1.80. The molecular weight excluding hydrogens is 266 g/mol. The summed E-state index contributed by atoms with van der Waals surface area (Å²) in [6.07, 6.45) is 5.58. The highest BCUT2D eigenvalue weighted by molar-refractivity contribution is 5.74. The van der Waals surface area contributed by atoms with Gasteiger partial charge in [-0.15, -0.1) is 0 Å². The summed E-state index contributed by atoms with van der Waals surface area (Å²) in [5.74, 6) is 0. The van der Waals surface area contributed by atoms with Crippen LogP contribution in [0.4, 0.5) is 4.79 Å². The maximum atomic E-state index is 11.6. The Morgan fingerprint density at radius 1 is 1.38 bits per heavy atom. The summed E-state index contributed by atoms with van der Waals surface area (Å²) in [4.78, 5) is 16.0. The number of hydrogen-bond donors (Lipinski definition) is 2. The molecule has 2 aromatic heterocycles. The zero-order valence-corrected chi connectivity index (χ0v) is 13.1. The second kappa shape index (κ2) is 6.11. The van der Waals surface area contributed by atoms with Crippen molar-refractivity contribution in [3.05, 3.63) is 29.7 Å². The van der Waals surface area contributed by atoms with E-state index in [0.29, 0.717) is 6.54 Å². The van der Waals surface area contributed by atoms with Crippen molar-refractivity contribution in [2.45, 2.75) is 46.1 Å². The van der Waals surface area contributed by atoms with Crippen LogP contribution in [0.2, 0.25) is 0 Å². The smallest absolute Gasteiger partial charge is 0.315 e. The molecule has 21 heavy (non-hydrogen) atoms. The Hall–Kier alpha value is -2.11. The van der Waals surface area contributed by atoms with Crippen molar-refractivity contribution in [3.8, 4) is 0 Å². The van der Waals surface area contributed by atoms with E-state index >= 15 is 0 Å². The van der Waals surface area contributed by atoms with Crippen LogP contribution in [0, 0.1) is 6.92 Å². The van der Waals surface area contributed by atoms with Crippen LogP contribution >= 0.6 is 0 Å². The summed E-state index contributed by atoms with van der Waals surface area (Å²) >= 11 is 0. The van der Waals surface area contributed by atoms with Gasteiger partial charge in [-0.3, -0.25) is 0 Å². The lowest BCUT2D eigenvalue weighted by Crippen LogP contribution is -2.46. The standard InChI is InChI=1S/C15H23N5O/c1-11-8-13-17-9-12(10-20(13)19-11)6-5-7-16-14(21)18-15(2,3)4/h8-10H,5-7H2,1-4H3,(H2,16,18,21). The molecule has 2 aromatic rings. The summed E-state index contributed by atoms with van der Waals surface area (Å²) in [5.41, 5.74) is 2.72. The predicted molar refractivity (Wildman–Crippen MR) is 82.3 cm³/mol. The fourth-order valence-electron chi connectivity index (χ4n) is 2.04. The number of amides is 2. The Labute approximate surface area is 125 Å². The monoisotopic (exact) mass is 289 g/mol. The number of urea groups is 1. The van der Waals surface area contributed by atoms with Gasteiger partial charge in [-0.25, -0.2) is 14.3 Å². The van der Waals surface area contributed by atoms with Crippen LogP contribution in [-0.4, -0.2) is 32.7 Å². The van der Waals surface area contributed by atoms with Crippen molar-refractivity contribution in [3.63, 3.8) is 0 Å². The fourth-order valence-corrected chi connectivity index (χ4v) is 2.04. The highest BCUT2D eigenvalue weighted by Gasteiger charge is 2.12. The second-order valence-corrected chi connectivity index (χ2v) is 6.29. The summed E-state index contributed by atoms with van der Waals surface area (Å²) in [6, 6.07) is 1.82. The van der Waals surface area contributed by atoms with Crippen LogP contribution in [0.3, 0.4) is 0 Å². The van der Waals surface area contributed by atoms with E-state index in [1.165, 1.54) is 0 Å². The minimum atomic E-state index is -0.211. The van der Waals surface area contributed by atoms with E-state index in [-0.39, 0.29) is 11.6 Å². The van der Waals surface area contributed by atoms with Crippen LogP contribution in [0.25, 0.3) is 5.65 Å². The van der Waals surface area contributed by atoms with Gasteiger partial charge in [0.15, 0.2) is 5.65 Å². The number of aromatic nitrogens is 3. The fraction of sp³-hybridized carbons (Fsp3) is 0.533. The van der Waals surface area contributed by atoms with E-state index in [9.17, 15) is 4.79 Å². The maximum Gasteiger partial charge on any atom is 0.315 e. The molecule has 2 amide bonds. The molecule has 2 heterocycles. The minimum absolute atomic E-state index is 0.126. The zero-order valence-electron chi connectivity index (χ0n) is 13.1. The SMILES string of the molecule is Cc1cc2ncc(CCCNC(=O)NC(C)(C)C)cn2n1. The molecule has 6 nitrogen and oxygen atoms in total. The van der Waals surface area contributed by atoms with Crippen LogP contribution in [0.5, 0.6) is 0 Å². The van der Waals surface area contributed by atoms with Crippen molar-refractivity contribution in [1.29, 1.82) is 0 Å². The Morgan fingerprint density at radius 2 is 2.14 bits per heavy atom. The third-order valence-electron chi connectivity index (χ3n) is 2.91. The Morgan fingerprint density at radius 3 is 2.86 bits per heavy atom. The predicted octanol–water partition coefficient (Wildman–Crippen LogP) is 2.07. The molecule has 0 unspecified atom stereocenters. The van der Waals surface area contributed by atoms with E-state index in [2.05, 4.69) is 20.7 Å². The lowest BCUT2D eigenvalue weighted by Gasteiger charge is -2.20. The number of fused-ring (bicyclic) bond motifs is 1. The number of nitrogens with zero attached hydrogens (tertiary/aromatic N) is 3. The van der Waals surface area contributed by atoms with E-state index in [0.717, 1.165) is 29.7 Å². The lowest BCUT2D eigenvalue weighted by atomic mass is 10.1. The van der Waals surface area contributed by atoms with E-state index in [1.807, 2.05) is 46.2 Å². The first-order valence-corrected chi connectivity index (χ1v) is 7.20. The Balaban J connectivity index is 1.78. The molecule has 0 fully saturated rings. The number of aryl methyl sites for hydroxylation is 2. The molecule has 0 radical (unpaired) electrons. The summed E-state index contributed by atoms with van der Waals surface area (Å²) in [7, 11) is 0. The van der Waals surface area contributed by atoms with E-state index in [4.69, 9.17) is 0 Å². The van der Waals surface area contributed by atoms with E-state index < -0.39 is 0 Å². The van der Waals surface area contributed by atoms with Crippen LogP contribution in [0.15, 0.2) is 18.5 Å². The Bertz CT molecular complexity index is 627. The van der Waals surface area contributed by atoms with Crippen molar-refractivity contribution in [1.82, 2.24) is 25.2 Å². The van der Waals surface area contributed by atoms with Crippen LogP contribution in [-0.2, 0) is 6.42 Å². The Kier molecular flexibility index (Phi) is 4.45. The van der Waals surface area contributed by atoms with Gasteiger partial charge in [0.05, 0.1) is 5.69 Å². The van der Waals surface area contributed by atoms with Gasteiger partial charge in [-0.1, -0.05) is 0 Å². The first-order chi connectivity index (χ1) is 9.83. The summed E-state index contributed by atoms with van der Waals surface area (Å²) in [6.45, 7) is 8.46. The molecule has 0 aliphatic heterocycles. The van der Waals surface area contributed by atoms with E-state index in [1.54, 1.807) is 4.52 Å². The van der Waals surface area contributed by atoms with Crippen molar-refractivity contribution < 1.29 is 4.79 Å². The third kappa shape index (κ3) is 4.73. The molecule has 114 valence electrons. The molecule has 0 aromatic carbocycles. The van der Waals surface area contributed by atoms with Gasteiger partial charge in [0, 0.05) is 30.5 Å². The maximum absolute atomic E-state index is 11.6. The largest absolute Gasteiger partial charge is 0.338 e. The average molecular weight is 289 g/mol. The molecule has 6 heteroatoms. The van der Waals surface area contributed by atoms with Crippen molar-refractivity contribution in [2.75, 3.05) is 6.54 Å². The molecule has 0 spiro atoms. The molecule has 2 N–H and O–H groups in total. The van der Waals surface area contributed by atoms with Crippen LogP contribution < -0.4 is 10.6 Å². The highest BCUT2D eigenvalue weighted by Crippen LogP contribution is 2.06. The first-order valence-electron chi connectivity index (χ1n) is 7.20. The molecule has 0 bridgehead atoms. The normalized spacial score (nSPS) is 11.6. The lowest BCUT2D eigenvalue weighted by molar-refractivity contribution is 0.232. The molecule has 0 saturated heterocycles. The molecule has 0 aliphatic carbocycles. The van der Waals surface area contributed by atoms with Crippen LogP contribution in [0.1, 0.15) is 38.4 Å². The van der Waals surface area contributed by atoms with Gasteiger partial charge in [-0.2, -0.15) is 5.10 Å². The van der Waals surface area contributed by atoms with Gasteiger partial charge in [0.2, 0.25) is 0 Å². The summed E-state index contributed by atoms with van der Waals surface area (Å²) in [5, 5.41) is 10.1. The second-order valence-electron chi connectivity index (χ2n) is 6.29. The van der Waals surface area contributed by atoms with Gasteiger partial charge < -0.3 is 10.6 Å². The van der Waals surface area contributed by atoms with Gasteiger partial charge in [-0.05, 0) is 46.1 Å². The molecule has 0 saturated carbocycles. The number of hydrogen-bond acceptors (Lipinski definition) is 3. The zero-order chi connectivity index (χ0) is 15.5. The van der Waals surface area contributed by atoms with Gasteiger partial charge in [0.1, 0.15) is 0 Å². The number of nitrogens with one attached hydrogen (secondary N) is 2. The topological polar surface area (TPSA) is 71.3 Å². The number of rotatable bonds is 4. The average Bonchev–Trinajstić information content (AvgIpc) is 2.71. The molecule has 0 atom stereocenters. The quantitative estimate of drug-likeness (QED) is 0.846. The van der Waals surface area contributed by atoms with Crippen molar-refractivity contribution >= 4 is 11.7 Å². The molecular formula is C15H23N5O. The minimum Gasteiger partial charge on any atom is -0.338 e. The van der Waals surface area contributed by atoms with Gasteiger partial charge in [0.25, 0.3) is 0 Å². The number of carbonyl (C=O) groups is 1. The van der Waals surface area contributed by atoms with Crippen molar-refractivity contribution in [2.24, 2.45) is 0 Å². The molecule has 0 aliphatic rings. The van der Waals surface area contributed by atoms with Gasteiger partial charge >= 0.3 is 6.03 Å². The third-order valence-corrected chi connectivity index (χ3v) is 2.91. The number of carbonyl (C=O) groups excluding carboxylic acids is 1.